The molecule has 4 rings (SSSR count). The van der Waals surface area contributed by atoms with Gasteiger partial charge in [-0.1, -0.05) is 17.8 Å². The Labute approximate surface area is 184 Å². The van der Waals surface area contributed by atoms with Gasteiger partial charge in [-0.25, -0.2) is 4.79 Å². The Hall–Kier alpha value is -2.07. The number of aromatic nitrogens is 3. The van der Waals surface area contributed by atoms with E-state index in [1.165, 1.54) is 16.6 Å². The van der Waals surface area contributed by atoms with Crippen molar-refractivity contribution in [1.82, 2.24) is 25.0 Å². The molecule has 0 atom stereocenters. The van der Waals surface area contributed by atoms with Crippen LogP contribution in [-0.4, -0.2) is 63.2 Å². The van der Waals surface area contributed by atoms with Crippen molar-refractivity contribution >= 4 is 35.1 Å². The quantitative estimate of drug-likeness (QED) is 0.623. The second-order valence-corrected chi connectivity index (χ2v) is 9.55. The highest BCUT2D eigenvalue weighted by Gasteiger charge is 2.30. The highest BCUT2D eigenvalue weighted by molar-refractivity contribution is 7.99. The molecule has 0 bridgehead atoms. The molecule has 162 valence electrons. The number of rotatable bonds is 8. The fraction of sp³-hybridized carbons (Fsp3) is 0.600. The first kappa shape index (κ1) is 21.2. The average molecular weight is 450 g/mol. The van der Waals surface area contributed by atoms with Gasteiger partial charge in [0.2, 0.25) is 5.91 Å². The van der Waals surface area contributed by atoms with E-state index in [4.69, 9.17) is 4.74 Å². The third-order valence-electron chi connectivity index (χ3n) is 5.28. The molecule has 1 aliphatic carbocycles. The van der Waals surface area contributed by atoms with Crippen LogP contribution in [0.15, 0.2) is 22.7 Å². The number of likely N-dealkylation sites (tertiary alicyclic amines) is 1. The SMILES string of the molecule is CCOC(=O)N1CCC(NC(=O)CSc2nnc(Cc3cccs3)n2C2CC2)CC1. The van der Waals surface area contributed by atoms with Crippen molar-refractivity contribution in [3.05, 3.63) is 28.2 Å². The van der Waals surface area contributed by atoms with Gasteiger partial charge in [-0.05, 0) is 44.1 Å². The number of hydrogen-bond donors (Lipinski definition) is 1. The first-order chi connectivity index (χ1) is 14.6. The number of amides is 2. The lowest BCUT2D eigenvalue weighted by atomic mass is 10.1. The van der Waals surface area contributed by atoms with Crippen molar-refractivity contribution < 1.29 is 14.3 Å². The molecule has 1 aliphatic heterocycles. The van der Waals surface area contributed by atoms with Gasteiger partial charge < -0.3 is 19.5 Å². The second kappa shape index (κ2) is 9.82. The summed E-state index contributed by atoms with van der Waals surface area (Å²) >= 11 is 3.18. The van der Waals surface area contributed by atoms with Crippen molar-refractivity contribution in [3.63, 3.8) is 0 Å². The fourth-order valence-electron chi connectivity index (χ4n) is 3.62. The molecule has 1 saturated carbocycles. The Bertz CT molecular complexity index is 858. The fourth-order valence-corrected chi connectivity index (χ4v) is 5.15. The first-order valence-corrected chi connectivity index (χ1v) is 12.3. The number of piperidine rings is 1. The van der Waals surface area contributed by atoms with Crippen molar-refractivity contribution in [1.29, 1.82) is 0 Å². The minimum absolute atomic E-state index is 0.000242. The average Bonchev–Trinajstić information content (AvgIpc) is 3.29. The van der Waals surface area contributed by atoms with Gasteiger partial charge in [0.05, 0.1) is 12.4 Å². The minimum Gasteiger partial charge on any atom is -0.450 e. The van der Waals surface area contributed by atoms with E-state index in [-0.39, 0.29) is 18.0 Å². The third kappa shape index (κ3) is 5.34. The van der Waals surface area contributed by atoms with E-state index in [2.05, 4.69) is 37.6 Å². The summed E-state index contributed by atoms with van der Waals surface area (Å²) in [5.41, 5.74) is 0. The van der Waals surface area contributed by atoms with Crippen LogP contribution in [0.3, 0.4) is 0 Å². The topological polar surface area (TPSA) is 89.3 Å². The van der Waals surface area contributed by atoms with E-state index >= 15 is 0 Å². The molecular weight excluding hydrogens is 422 g/mol. The Morgan fingerprint density at radius 1 is 1.27 bits per heavy atom. The molecular formula is C20H27N5O3S2. The van der Waals surface area contributed by atoms with E-state index in [0.29, 0.717) is 31.5 Å². The van der Waals surface area contributed by atoms with E-state index in [1.807, 2.05) is 0 Å². The standard InChI is InChI=1S/C20H27N5O3S2/c1-2-28-20(27)24-9-7-14(8-10-24)21-18(26)13-30-19-23-22-17(25(19)15-5-6-15)12-16-4-3-11-29-16/h3-4,11,14-15H,2,5-10,12-13H2,1H3,(H,21,26). The van der Waals surface area contributed by atoms with Crippen LogP contribution >= 0.6 is 23.1 Å². The van der Waals surface area contributed by atoms with Crippen LogP contribution in [-0.2, 0) is 16.0 Å². The van der Waals surface area contributed by atoms with Gasteiger partial charge in [0, 0.05) is 36.5 Å². The van der Waals surface area contributed by atoms with E-state index in [1.54, 1.807) is 23.2 Å². The molecule has 2 fully saturated rings. The number of carbonyl (C=O) groups excluding carboxylic acids is 2. The lowest BCUT2D eigenvalue weighted by Gasteiger charge is -2.31. The van der Waals surface area contributed by atoms with E-state index < -0.39 is 0 Å². The Balaban J connectivity index is 1.26. The smallest absolute Gasteiger partial charge is 0.409 e. The Morgan fingerprint density at radius 2 is 2.07 bits per heavy atom. The zero-order chi connectivity index (χ0) is 20.9. The van der Waals surface area contributed by atoms with Gasteiger partial charge in [0.1, 0.15) is 5.82 Å². The molecule has 2 aromatic heterocycles. The summed E-state index contributed by atoms with van der Waals surface area (Å²) in [4.78, 5) is 27.2. The number of hydrogen-bond acceptors (Lipinski definition) is 7. The molecule has 10 heteroatoms. The van der Waals surface area contributed by atoms with Gasteiger partial charge >= 0.3 is 6.09 Å². The van der Waals surface area contributed by atoms with Gasteiger partial charge in [-0.2, -0.15) is 0 Å². The van der Waals surface area contributed by atoms with Crippen LogP contribution in [0.1, 0.15) is 49.4 Å². The third-order valence-corrected chi connectivity index (χ3v) is 7.10. The van der Waals surface area contributed by atoms with Crippen LogP contribution in [0.2, 0.25) is 0 Å². The number of thiophene rings is 1. The molecule has 1 saturated heterocycles. The van der Waals surface area contributed by atoms with Crippen LogP contribution in [0, 0.1) is 0 Å². The summed E-state index contributed by atoms with van der Waals surface area (Å²) in [5.74, 6) is 1.30. The maximum absolute atomic E-state index is 12.5. The molecule has 8 nitrogen and oxygen atoms in total. The Kier molecular flexibility index (Phi) is 6.93. The van der Waals surface area contributed by atoms with Crippen LogP contribution in [0.5, 0.6) is 0 Å². The summed E-state index contributed by atoms with van der Waals surface area (Å²) in [5, 5.41) is 14.8. The lowest BCUT2D eigenvalue weighted by molar-refractivity contribution is -0.119. The number of nitrogens with zero attached hydrogens (tertiary/aromatic N) is 4. The van der Waals surface area contributed by atoms with Crippen molar-refractivity contribution in [2.45, 2.75) is 56.3 Å². The number of nitrogens with one attached hydrogen (secondary N) is 1. The lowest BCUT2D eigenvalue weighted by Crippen LogP contribution is -2.47. The predicted octanol–water partition coefficient (Wildman–Crippen LogP) is 3.09. The van der Waals surface area contributed by atoms with Gasteiger partial charge in [-0.15, -0.1) is 21.5 Å². The highest BCUT2D eigenvalue weighted by atomic mass is 32.2. The maximum Gasteiger partial charge on any atom is 0.409 e. The van der Waals surface area contributed by atoms with Crippen molar-refractivity contribution in [3.8, 4) is 0 Å². The highest BCUT2D eigenvalue weighted by Crippen LogP contribution is 2.39. The van der Waals surface area contributed by atoms with Crippen molar-refractivity contribution in [2.24, 2.45) is 0 Å². The van der Waals surface area contributed by atoms with E-state index in [9.17, 15) is 9.59 Å². The molecule has 2 aliphatic rings. The summed E-state index contributed by atoms with van der Waals surface area (Å²) < 4.78 is 7.26. The number of carbonyl (C=O) groups is 2. The molecule has 0 spiro atoms. The van der Waals surface area contributed by atoms with Gasteiger partial charge in [0.15, 0.2) is 5.16 Å². The molecule has 0 unspecified atom stereocenters. The van der Waals surface area contributed by atoms with Crippen LogP contribution in [0.25, 0.3) is 0 Å². The van der Waals surface area contributed by atoms with E-state index in [0.717, 1.165) is 43.1 Å². The summed E-state index contributed by atoms with van der Waals surface area (Å²) in [6.45, 7) is 3.41. The Morgan fingerprint density at radius 3 is 2.73 bits per heavy atom. The summed E-state index contributed by atoms with van der Waals surface area (Å²) in [6, 6.07) is 4.73. The first-order valence-electron chi connectivity index (χ1n) is 10.4. The summed E-state index contributed by atoms with van der Waals surface area (Å²) in [6.07, 6.45) is 4.31. The zero-order valence-electron chi connectivity index (χ0n) is 17.1. The molecule has 2 amide bonds. The number of thioether (sulfide) groups is 1. The predicted molar refractivity (Wildman–Crippen MR) is 116 cm³/mol. The largest absolute Gasteiger partial charge is 0.450 e. The van der Waals surface area contributed by atoms with Crippen LogP contribution in [0.4, 0.5) is 4.79 Å². The monoisotopic (exact) mass is 449 g/mol. The van der Waals surface area contributed by atoms with Crippen molar-refractivity contribution in [2.75, 3.05) is 25.4 Å². The molecule has 0 aromatic carbocycles. The molecule has 3 heterocycles. The molecule has 2 aromatic rings. The van der Waals surface area contributed by atoms with Crippen LogP contribution < -0.4 is 5.32 Å². The van der Waals surface area contributed by atoms with Gasteiger partial charge in [0.25, 0.3) is 0 Å². The minimum atomic E-state index is -0.268. The molecule has 1 N–H and O–H groups in total. The molecule has 30 heavy (non-hydrogen) atoms. The molecule has 0 radical (unpaired) electrons. The van der Waals surface area contributed by atoms with Gasteiger partial charge in [-0.3, -0.25) is 4.79 Å². The number of ether oxygens (including phenoxy) is 1. The second-order valence-electron chi connectivity index (χ2n) is 7.57. The summed E-state index contributed by atoms with van der Waals surface area (Å²) in [7, 11) is 0. The zero-order valence-corrected chi connectivity index (χ0v) is 18.7. The normalized spacial score (nSPS) is 17.2. The maximum atomic E-state index is 12.5.